The SMILES string of the molecule is CCOCl.[Zr+2]. The van der Waals surface area contributed by atoms with Crippen LogP contribution in [0.4, 0.5) is 0 Å². The molecule has 0 atom stereocenters. The third kappa shape index (κ3) is 11.1. The molecule has 0 heterocycles. The fraction of sp³-hybridized carbons (Fsp3) is 1.00. The summed E-state index contributed by atoms with van der Waals surface area (Å²) in [6.07, 6.45) is 0. The summed E-state index contributed by atoms with van der Waals surface area (Å²) in [5, 5.41) is 0. The van der Waals surface area contributed by atoms with Crippen molar-refractivity contribution < 1.29 is 30.5 Å². The van der Waals surface area contributed by atoms with Gasteiger partial charge in [-0.2, -0.15) is 0 Å². The molecule has 0 radical (unpaired) electrons. The van der Waals surface area contributed by atoms with Gasteiger partial charge in [0.2, 0.25) is 0 Å². The Bertz CT molecular complexity index is 11.6. The third-order valence-corrected chi connectivity index (χ3v) is 0.327. The van der Waals surface area contributed by atoms with Crippen molar-refractivity contribution in [2.45, 2.75) is 6.92 Å². The van der Waals surface area contributed by atoms with Gasteiger partial charge in [-0.3, -0.25) is 4.29 Å². The minimum Gasteiger partial charge on any atom is -0.280 e. The number of hydrogen-bond acceptors (Lipinski definition) is 1. The molecular formula is C2H5ClOZr+2. The Hall–Kier alpha value is 1.13. The second-order valence-corrected chi connectivity index (χ2v) is 0.616. The van der Waals surface area contributed by atoms with Crippen molar-refractivity contribution in [3.05, 3.63) is 0 Å². The van der Waals surface area contributed by atoms with Gasteiger partial charge < -0.3 is 0 Å². The van der Waals surface area contributed by atoms with Crippen molar-refractivity contribution in [1.29, 1.82) is 0 Å². The molecule has 0 aliphatic heterocycles. The van der Waals surface area contributed by atoms with Crippen LogP contribution in [0.15, 0.2) is 0 Å². The zero-order chi connectivity index (χ0) is 3.41. The van der Waals surface area contributed by atoms with Crippen LogP contribution in [0.3, 0.4) is 0 Å². The summed E-state index contributed by atoms with van der Waals surface area (Å²) in [5.41, 5.74) is 0. The summed E-state index contributed by atoms with van der Waals surface area (Å²) in [7, 11) is 0. The monoisotopic (exact) mass is 170 g/mol. The van der Waals surface area contributed by atoms with Gasteiger partial charge >= 0.3 is 26.2 Å². The molecule has 0 aliphatic rings. The first-order valence-corrected chi connectivity index (χ1v) is 1.46. The van der Waals surface area contributed by atoms with E-state index in [1.807, 2.05) is 6.92 Å². The summed E-state index contributed by atoms with van der Waals surface area (Å²) in [5.74, 6) is 0. The predicted molar refractivity (Wildman–Crippen MR) is 17.5 cm³/mol. The number of rotatable bonds is 1. The molecule has 0 spiro atoms. The van der Waals surface area contributed by atoms with Gasteiger partial charge in [-0.15, -0.1) is 0 Å². The zero-order valence-corrected chi connectivity index (χ0v) is 6.21. The van der Waals surface area contributed by atoms with E-state index in [0.717, 1.165) is 0 Å². The molecule has 0 saturated carbocycles. The second kappa shape index (κ2) is 8.93. The fourth-order valence-electron chi connectivity index (χ4n) is 0. The average Bonchev–Trinajstić information content (AvgIpc) is 1.37. The van der Waals surface area contributed by atoms with Gasteiger partial charge in [-0.05, 0) is 6.92 Å². The van der Waals surface area contributed by atoms with Crippen LogP contribution < -0.4 is 0 Å². The van der Waals surface area contributed by atoms with E-state index >= 15 is 0 Å². The maximum atomic E-state index is 4.69. The molecule has 0 aromatic heterocycles. The minimum atomic E-state index is 0. The molecule has 0 saturated heterocycles. The molecule has 0 amide bonds. The van der Waals surface area contributed by atoms with E-state index < -0.39 is 0 Å². The van der Waals surface area contributed by atoms with Gasteiger partial charge in [0.1, 0.15) is 0 Å². The van der Waals surface area contributed by atoms with Crippen LogP contribution in [0.2, 0.25) is 0 Å². The van der Waals surface area contributed by atoms with E-state index in [-0.39, 0.29) is 26.2 Å². The van der Waals surface area contributed by atoms with Crippen molar-refractivity contribution >= 4 is 11.9 Å². The van der Waals surface area contributed by atoms with Gasteiger partial charge in [-0.25, -0.2) is 0 Å². The summed E-state index contributed by atoms with van der Waals surface area (Å²) < 4.78 is 4.01. The Morgan fingerprint density at radius 1 is 1.80 bits per heavy atom. The first-order valence-electron chi connectivity index (χ1n) is 1.15. The molecule has 0 rings (SSSR count). The van der Waals surface area contributed by atoms with Crippen molar-refractivity contribution in [2.24, 2.45) is 0 Å². The van der Waals surface area contributed by atoms with Crippen molar-refractivity contribution in [3.63, 3.8) is 0 Å². The molecule has 1 nitrogen and oxygen atoms in total. The minimum absolute atomic E-state index is 0. The molecule has 3 heteroatoms. The van der Waals surface area contributed by atoms with E-state index in [1.54, 1.807) is 0 Å². The maximum absolute atomic E-state index is 4.69. The molecule has 0 N–H and O–H groups in total. The largest absolute Gasteiger partial charge is 2.00 e. The van der Waals surface area contributed by atoms with E-state index in [1.165, 1.54) is 0 Å². The fourth-order valence-corrected chi connectivity index (χ4v) is 0. The summed E-state index contributed by atoms with van der Waals surface area (Å²) >= 11 is 4.69. The van der Waals surface area contributed by atoms with Gasteiger partial charge in [0.15, 0.2) is 0 Å². The van der Waals surface area contributed by atoms with Crippen LogP contribution in [-0.4, -0.2) is 6.61 Å². The zero-order valence-electron chi connectivity index (χ0n) is 2.99. The van der Waals surface area contributed by atoms with E-state index in [9.17, 15) is 0 Å². The molecule has 0 aromatic rings. The van der Waals surface area contributed by atoms with Gasteiger partial charge in [0, 0.05) is 0 Å². The molecular weight excluding hydrogens is 167 g/mol. The van der Waals surface area contributed by atoms with Crippen molar-refractivity contribution in [1.82, 2.24) is 0 Å². The summed E-state index contributed by atoms with van der Waals surface area (Å²) in [6.45, 7) is 2.41. The topological polar surface area (TPSA) is 9.23 Å². The van der Waals surface area contributed by atoms with Crippen LogP contribution in [0.5, 0.6) is 0 Å². The maximum Gasteiger partial charge on any atom is 2.00 e. The van der Waals surface area contributed by atoms with Crippen molar-refractivity contribution in [3.8, 4) is 0 Å². The molecule has 0 fully saturated rings. The first kappa shape index (κ1) is 9.46. The summed E-state index contributed by atoms with van der Waals surface area (Å²) in [6, 6.07) is 0. The summed E-state index contributed by atoms with van der Waals surface area (Å²) in [4.78, 5) is 0. The molecule has 0 bridgehead atoms. The van der Waals surface area contributed by atoms with Crippen LogP contribution in [0.1, 0.15) is 6.92 Å². The van der Waals surface area contributed by atoms with Gasteiger partial charge in [0.05, 0.1) is 18.5 Å². The Morgan fingerprint density at radius 3 is 2.00 bits per heavy atom. The van der Waals surface area contributed by atoms with Gasteiger partial charge in [0.25, 0.3) is 0 Å². The average molecular weight is 172 g/mol. The Labute approximate surface area is 55.9 Å². The molecule has 28 valence electrons. The molecule has 0 aliphatic carbocycles. The Balaban J connectivity index is 0. The van der Waals surface area contributed by atoms with Crippen LogP contribution in [0, 0.1) is 0 Å². The molecule has 5 heavy (non-hydrogen) atoms. The standard InChI is InChI=1S/C2H5ClO.Zr/c1-2-4-3;/h2H2,1H3;/q;+2. The second-order valence-electron chi connectivity index (χ2n) is 0.398. The smallest absolute Gasteiger partial charge is 0.280 e. The van der Waals surface area contributed by atoms with Gasteiger partial charge in [-0.1, -0.05) is 0 Å². The first-order chi connectivity index (χ1) is 1.91. The van der Waals surface area contributed by atoms with Crippen LogP contribution in [-0.2, 0) is 30.5 Å². The van der Waals surface area contributed by atoms with Crippen LogP contribution >= 0.6 is 11.9 Å². The normalized spacial score (nSPS) is 6.00. The van der Waals surface area contributed by atoms with E-state index in [4.69, 9.17) is 0 Å². The van der Waals surface area contributed by atoms with E-state index in [2.05, 4.69) is 16.2 Å². The Kier molecular flexibility index (Phi) is 16.9. The quantitative estimate of drug-likeness (QED) is 0.576. The predicted octanol–water partition coefficient (Wildman–Crippen LogP) is 1.17. The van der Waals surface area contributed by atoms with E-state index in [0.29, 0.717) is 6.61 Å². The van der Waals surface area contributed by atoms with Crippen molar-refractivity contribution in [2.75, 3.05) is 6.61 Å². The third-order valence-electron chi connectivity index (χ3n) is 0.109. The number of halogens is 1. The molecule has 0 unspecified atom stereocenters. The molecule has 0 aromatic carbocycles. The Morgan fingerprint density at radius 2 is 2.00 bits per heavy atom. The number of hydrogen-bond donors (Lipinski definition) is 0. The van der Waals surface area contributed by atoms with Crippen LogP contribution in [0.25, 0.3) is 0 Å².